The zero-order valence-corrected chi connectivity index (χ0v) is 18.5. The molecule has 1 saturated heterocycles. The van der Waals surface area contributed by atoms with Crippen molar-refractivity contribution < 1.29 is 9.18 Å². The van der Waals surface area contributed by atoms with Gasteiger partial charge in [0.05, 0.1) is 23.5 Å². The van der Waals surface area contributed by atoms with E-state index in [2.05, 4.69) is 20.2 Å². The molecular weight excluding hydrogens is 443 g/mol. The van der Waals surface area contributed by atoms with Crippen molar-refractivity contribution in [2.75, 3.05) is 42.9 Å². The molecule has 7 nitrogen and oxygen atoms in total. The van der Waals surface area contributed by atoms with Crippen LogP contribution in [0.5, 0.6) is 0 Å². The molecule has 1 fully saturated rings. The van der Waals surface area contributed by atoms with Gasteiger partial charge in [0.25, 0.3) is 0 Å². The summed E-state index contributed by atoms with van der Waals surface area (Å²) in [5, 5.41) is 3.97. The molecule has 4 aromatic rings. The van der Waals surface area contributed by atoms with Crippen LogP contribution in [0, 0.1) is 5.82 Å². The van der Waals surface area contributed by atoms with Crippen molar-refractivity contribution in [3.8, 4) is 11.3 Å². The van der Waals surface area contributed by atoms with Crippen LogP contribution in [0.2, 0.25) is 5.02 Å². The number of piperazine rings is 1. The Morgan fingerprint density at radius 3 is 2.58 bits per heavy atom. The van der Waals surface area contributed by atoms with Crippen LogP contribution in [0.3, 0.4) is 0 Å². The lowest BCUT2D eigenvalue weighted by molar-refractivity contribution is -0.129. The molecule has 0 radical (unpaired) electrons. The third-order valence-corrected chi connectivity index (χ3v) is 6.10. The number of carbonyl (C=O) groups is 1. The fourth-order valence-corrected chi connectivity index (χ4v) is 4.32. The molecule has 0 unspecified atom stereocenters. The molecular formula is C24H22ClFN6O. The minimum atomic E-state index is -0.315. The molecule has 5 rings (SSSR count). The maximum Gasteiger partial charge on any atom is 0.242 e. The van der Waals surface area contributed by atoms with Crippen molar-refractivity contribution in [3.63, 3.8) is 0 Å². The van der Waals surface area contributed by atoms with Crippen LogP contribution in [0.15, 0.2) is 67.1 Å². The standard InChI is InChI=1S/C24H22ClFN6O/c25-19-3-1-2-4-20(19)30-11-13-31(14-12-30)22(33)16-28-24-23(17-5-7-18(26)8-6-17)29-21-15-27-9-10-32(21)24/h1-10,15,28H,11-14,16H2. The molecule has 33 heavy (non-hydrogen) atoms. The van der Waals surface area contributed by atoms with Gasteiger partial charge in [-0.2, -0.15) is 0 Å². The Balaban J connectivity index is 1.29. The van der Waals surface area contributed by atoms with Crippen LogP contribution < -0.4 is 10.2 Å². The number of nitrogens with one attached hydrogen (secondary N) is 1. The lowest BCUT2D eigenvalue weighted by Crippen LogP contribution is -2.50. The Morgan fingerprint density at radius 1 is 1.06 bits per heavy atom. The van der Waals surface area contributed by atoms with E-state index in [-0.39, 0.29) is 18.3 Å². The van der Waals surface area contributed by atoms with E-state index in [0.717, 1.165) is 29.4 Å². The molecule has 0 spiro atoms. The first-order valence-corrected chi connectivity index (χ1v) is 11.1. The van der Waals surface area contributed by atoms with Crippen LogP contribution in [0.4, 0.5) is 15.9 Å². The van der Waals surface area contributed by atoms with E-state index in [1.165, 1.54) is 12.1 Å². The summed E-state index contributed by atoms with van der Waals surface area (Å²) in [4.78, 5) is 25.8. The highest BCUT2D eigenvalue weighted by Crippen LogP contribution is 2.29. The number of imidazole rings is 1. The highest BCUT2D eigenvalue weighted by molar-refractivity contribution is 6.33. The molecule has 2 aromatic carbocycles. The van der Waals surface area contributed by atoms with Gasteiger partial charge in [-0.05, 0) is 36.4 Å². The van der Waals surface area contributed by atoms with Crippen LogP contribution in [0.25, 0.3) is 16.9 Å². The number of amides is 1. The molecule has 168 valence electrons. The second-order valence-electron chi connectivity index (χ2n) is 7.79. The molecule has 0 saturated carbocycles. The predicted molar refractivity (Wildman–Crippen MR) is 127 cm³/mol. The molecule has 9 heteroatoms. The molecule has 0 aliphatic carbocycles. The van der Waals surface area contributed by atoms with Gasteiger partial charge >= 0.3 is 0 Å². The average Bonchev–Trinajstić information content (AvgIpc) is 3.22. The van der Waals surface area contributed by atoms with Gasteiger partial charge in [0, 0.05) is 44.1 Å². The van der Waals surface area contributed by atoms with E-state index in [9.17, 15) is 9.18 Å². The SMILES string of the molecule is O=C(CNc1c(-c2ccc(F)cc2)nc2cnccn12)N1CCN(c2ccccc2Cl)CC1. The zero-order valence-electron chi connectivity index (χ0n) is 17.8. The summed E-state index contributed by atoms with van der Waals surface area (Å²) in [5.74, 6) is 0.356. The van der Waals surface area contributed by atoms with Crippen molar-refractivity contribution in [3.05, 3.63) is 78.0 Å². The number of para-hydroxylation sites is 1. The number of aromatic nitrogens is 3. The summed E-state index contributed by atoms with van der Waals surface area (Å²) in [6, 6.07) is 13.9. The Hall–Kier alpha value is -3.65. The highest BCUT2D eigenvalue weighted by Gasteiger charge is 2.23. The number of halogens is 2. The topological polar surface area (TPSA) is 65.8 Å². The number of hydrogen-bond donors (Lipinski definition) is 1. The van der Waals surface area contributed by atoms with E-state index in [1.54, 1.807) is 30.7 Å². The predicted octanol–water partition coefficient (Wildman–Crippen LogP) is 3.95. The van der Waals surface area contributed by atoms with Crippen LogP contribution in [0.1, 0.15) is 0 Å². The fourth-order valence-electron chi connectivity index (χ4n) is 4.06. The average molecular weight is 465 g/mol. The number of rotatable bonds is 5. The fraction of sp³-hybridized carbons (Fsp3) is 0.208. The number of nitrogens with zero attached hydrogens (tertiary/aromatic N) is 5. The van der Waals surface area contributed by atoms with E-state index in [0.29, 0.717) is 30.2 Å². The lowest BCUT2D eigenvalue weighted by atomic mass is 10.1. The minimum Gasteiger partial charge on any atom is -0.367 e. The normalized spacial score (nSPS) is 14.0. The van der Waals surface area contributed by atoms with Crippen LogP contribution in [-0.2, 0) is 4.79 Å². The van der Waals surface area contributed by atoms with E-state index < -0.39 is 0 Å². The smallest absolute Gasteiger partial charge is 0.242 e. The lowest BCUT2D eigenvalue weighted by Gasteiger charge is -2.36. The van der Waals surface area contributed by atoms with Gasteiger partial charge in [0.1, 0.15) is 17.3 Å². The summed E-state index contributed by atoms with van der Waals surface area (Å²) in [6.45, 7) is 2.80. The van der Waals surface area contributed by atoms with Gasteiger partial charge in [0.2, 0.25) is 5.91 Å². The summed E-state index contributed by atoms with van der Waals surface area (Å²) in [7, 11) is 0. The van der Waals surface area contributed by atoms with Gasteiger partial charge in [-0.3, -0.25) is 14.2 Å². The quantitative estimate of drug-likeness (QED) is 0.484. The van der Waals surface area contributed by atoms with Crippen molar-refractivity contribution >= 4 is 34.7 Å². The Labute approximate surface area is 195 Å². The molecule has 1 aliphatic rings. The van der Waals surface area contributed by atoms with Gasteiger partial charge in [0.15, 0.2) is 5.65 Å². The number of anilines is 2. The maximum atomic E-state index is 13.4. The monoisotopic (exact) mass is 464 g/mol. The molecule has 0 atom stereocenters. The first-order valence-electron chi connectivity index (χ1n) is 10.7. The molecule has 1 amide bonds. The Morgan fingerprint density at radius 2 is 1.82 bits per heavy atom. The second kappa shape index (κ2) is 9.07. The van der Waals surface area contributed by atoms with Crippen molar-refractivity contribution in [2.24, 2.45) is 0 Å². The summed E-state index contributed by atoms with van der Waals surface area (Å²) in [5.41, 5.74) is 3.02. The van der Waals surface area contributed by atoms with E-state index in [1.807, 2.05) is 33.6 Å². The molecule has 2 aromatic heterocycles. The van der Waals surface area contributed by atoms with Crippen LogP contribution in [-0.4, -0.2) is 57.9 Å². The van der Waals surface area contributed by atoms with Crippen molar-refractivity contribution in [1.29, 1.82) is 0 Å². The zero-order chi connectivity index (χ0) is 22.8. The van der Waals surface area contributed by atoms with E-state index in [4.69, 9.17) is 11.6 Å². The highest BCUT2D eigenvalue weighted by atomic mass is 35.5. The Bertz CT molecular complexity index is 1280. The number of hydrogen-bond acceptors (Lipinski definition) is 5. The third kappa shape index (κ3) is 4.34. The second-order valence-corrected chi connectivity index (χ2v) is 8.20. The molecule has 0 bridgehead atoms. The van der Waals surface area contributed by atoms with Crippen LogP contribution >= 0.6 is 11.6 Å². The number of carbonyl (C=O) groups excluding carboxylic acids is 1. The maximum absolute atomic E-state index is 13.4. The summed E-state index contributed by atoms with van der Waals surface area (Å²) in [6.07, 6.45) is 5.09. The summed E-state index contributed by atoms with van der Waals surface area (Å²) >= 11 is 6.32. The van der Waals surface area contributed by atoms with Gasteiger partial charge < -0.3 is 15.1 Å². The molecule has 1 N–H and O–H groups in total. The van der Waals surface area contributed by atoms with Gasteiger partial charge in [-0.1, -0.05) is 23.7 Å². The molecule has 1 aliphatic heterocycles. The van der Waals surface area contributed by atoms with Gasteiger partial charge in [-0.15, -0.1) is 0 Å². The van der Waals surface area contributed by atoms with Crippen molar-refractivity contribution in [1.82, 2.24) is 19.3 Å². The summed E-state index contributed by atoms with van der Waals surface area (Å²) < 4.78 is 15.3. The molecule has 3 heterocycles. The largest absolute Gasteiger partial charge is 0.367 e. The van der Waals surface area contributed by atoms with Gasteiger partial charge in [-0.25, -0.2) is 9.37 Å². The third-order valence-electron chi connectivity index (χ3n) is 5.78. The Kier molecular flexibility index (Phi) is 5.83. The number of benzene rings is 2. The van der Waals surface area contributed by atoms with Crippen molar-refractivity contribution in [2.45, 2.75) is 0 Å². The number of fused-ring (bicyclic) bond motifs is 1. The minimum absolute atomic E-state index is 0.00266. The van der Waals surface area contributed by atoms with E-state index >= 15 is 0 Å². The first-order chi connectivity index (χ1) is 16.1. The first kappa shape index (κ1) is 21.2.